The van der Waals surface area contributed by atoms with E-state index in [-0.39, 0.29) is 11.6 Å². The minimum absolute atomic E-state index is 0.164. The van der Waals surface area contributed by atoms with Crippen molar-refractivity contribution in [1.82, 2.24) is 20.6 Å². The van der Waals surface area contributed by atoms with Gasteiger partial charge in [-0.3, -0.25) is 0 Å². The summed E-state index contributed by atoms with van der Waals surface area (Å²) in [4.78, 5) is 19.2. The van der Waals surface area contributed by atoms with Gasteiger partial charge in [0.25, 0.3) is 0 Å². The van der Waals surface area contributed by atoms with E-state index in [1.807, 2.05) is 27.7 Å². The molecule has 6 heteroatoms. The Kier molecular flexibility index (Phi) is 6.41. The molecule has 1 heterocycles. The topological polar surface area (TPSA) is 79.0 Å². The Morgan fingerprint density at radius 1 is 1.32 bits per heavy atom. The lowest BCUT2D eigenvalue weighted by Crippen LogP contribution is -2.53. The van der Waals surface area contributed by atoms with Gasteiger partial charge in [0.1, 0.15) is 5.60 Å². The van der Waals surface area contributed by atoms with Crippen LogP contribution in [-0.4, -0.2) is 33.7 Å². The van der Waals surface area contributed by atoms with Gasteiger partial charge in [0.15, 0.2) is 0 Å². The van der Waals surface area contributed by atoms with Crippen LogP contribution < -0.4 is 10.6 Å². The van der Waals surface area contributed by atoms with E-state index in [2.05, 4.69) is 34.4 Å². The molecule has 0 aliphatic carbocycles. The number of aromatic amines is 1. The third-order valence-electron chi connectivity index (χ3n) is 3.89. The Morgan fingerprint density at radius 2 is 1.95 bits per heavy atom. The Labute approximate surface area is 133 Å². The number of aryl methyl sites for hydroxylation is 1. The zero-order valence-electron chi connectivity index (χ0n) is 14.7. The first-order valence-electron chi connectivity index (χ1n) is 7.92. The number of rotatable bonds is 7. The predicted molar refractivity (Wildman–Crippen MR) is 87.7 cm³/mol. The second-order valence-electron chi connectivity index (χ2n) is 6.67. The normalized spacial score (nSPS) is 12.3. The maximum atomic E-state index is 11.8. The number of hydrogen-bond donors (Lipinski definition) is 3. The van der Waals surface area contributed by atoms with E-state index in [1.165, 1.54) is 0 Å². The number of alkyl carbamates (subject to hydrolysis) is 1. The Bertz CT molecular complexity index is 473. The molecular formula is C16H30N4O2. The second-order valence-corrected chi connectivity index (χ2v) is 6.67. The van der Waals surface area contributed by atoms with Crippen molar-refractivity contribution in [3.63, 3.8) is 0 Å². The molecule has 0 bridgehead atoms. The molecule has 0 aliphatic heterocycles. The predicted octanol–water partition coefficient (Wildman–Crippen LogP) is 2.89. The van der Waals surface area contributed by atoms with Gasteiger partial charge in [0, 0.05) is 24.3 Å². The largest absolute Gasteiger partial charge is 0.444 e. The summed E-state index contributed by atoms with van der Waals surface area (Å²) < 4.78 is 5.30. The molecule has 0 atom stereocenters. The Hall–Kier alpha value is -1.56. The molecule has 0 fully saturated rings. The third kappa shape index (κ3) is 5.67. The van der Waals surface area contributed by atoms with Crippen LogP contribution in [0.2, 0.25) is 0 Å². The first-order valence-corrected chi connectivity index (χ1v) is 7.92. The average molecular weight is 310 g/mol. The molecule has 1 aromatic heterocycles. The van der Waals surface area contributed by atoms with Crippen molar-refractivity contribution in [3.8, 4) is 0 Å². The van der Waals surface area contributed by atoms with Gasteiger partial charge in [-0.25, -0.2) is 9.78 Å². The maximum Gasteiger partial charge on any atom is 0.407 e. The van der Waals surface area contributed by atoms with Gasteiger partial charge < -0.3 is 20.4 Å². The van der Waals surface area contributed by atoms with Crippen molar-refractivity contribution in [2.45, 2.75) is 72.1 Å². The number of imidazole rings is 1. The number of carbonyl (C=O) groups excluding carboxylic acids is 1. The van der Waals surface area contributed by atoms with Gasteiger partial charge in [-0.15, -0.1) is 0 Å². The molecule has 1 amide bonds. The van der Waals surface area contributed by atoms with Gasteiger partial charge in [0.05, 0.1) is 12.0 Å². The van der Waals surface area contributed by atoms with Gasteiger partial charge in [-0.1, -0.05) is 13.8 Å². The second kappa shape index (κ2) is 7.63. The fraction of sp³-hybridized carbons (Fsp3) is 0.750. The van der Waals surface area contributed by atoms with Gasteiger partial charge in [-0.2, -0.15) is 0 Å². The van der Waals surface area contributed by atoms with E-state index in [0.717, 1.165) is 24.2 Å². The molecule has 0 saturated heterocycles. The highest BCUT2D eigenvalue weighted by molar-refractivity contribution is 5.67. The lowest BCUT2D eigenvalue weighted by atomic mass is 9.92. The molecule has 0 saturated carbocycles. The van der Waals surface area contributed by atoms with Crippen LogP contribution in [0.4, 0.5) is 4.79 Å². The molecule has 0 spiro atoms. The van der Waals surface area contributed by atoms with Crippen LogP contribution in [-0.2, 0) is 11.3 Å². The van der Waals surface area contributed by atoms with Gasteiger partial charge >= 0.3 is 6.09 Å². The first kappa shape index (κ1) is 18.5. The van der Waals surface area contributed by atoms with Gasteiger partial charge in [0.2, 0.25) is 0 Å². The number of aromatic nitrogens is 2. The Balaban J connectivity index is 2.59. The molecule has 22 heavy (non-hydrogen) atoms. The fourth-order valence-electron chi connectivity index (χ4n) is 2.20. The van der Waals surface area contributed by atoms with E-state index >= 15 is 0 Å². The molecule has 0 aromatic carbocycles. The van der Waals surface area contributed by atoms with Crippen LogP contribution in [0.1, 0.15) is 58.8 Å². The maximum absolute atomic E-state index is 11.8. The zero-order chi connectivity index (χ0) is 16.8. The number of nitrogens with zero attached hydrogens (tertiary/aromatic N) is 1. The lowest BCUT2D eigenvalue weighted by molar-refractivity contribution is 0.0507. The van der Waals surface area contributed by atoms with E-state index in [4.69, 9.17) is 4.74 Å². The van der Waals surface area contributed by atoms with E-state index < -0.39 is 5.60 Å². The molecule has 0 radical (unpaired) electrons. The molecule has 0 aliphatic rings. The van der Waals surface area contributed by atoms with E-state index in [1.54, 1.807) is 6.33 Å². The summed E-state index contributed by atoms with van der Waals surface area (Å²) in [5.74, 6) is 0. The number of H-pyrrole nitrogens is 1. The van der Waals surface area contributed by atoms with E-state index in [9.17, 15) is 4.79 Å². The van der Waals surface area contributed by atoms with Crippen molar-refractivity contribution in [2.75, 3.05) is 6.54 Å². The average Bonchev–Trinajstić information content (AvgIpc) is 2.83. The summed E-state index contributed by atoms with van der Waals surface area (Å²) in [6.07, 6.45) is 3.13. The van der Waals surface area contributed by atoms with Crippen LogP contribution in [0, 0.1) is 6.92 Å². The summed E-state index contributed by atoms with van der Waals surface area (Å²) >= 11 is 0. The summed E-state index contributed by atoms with van der Waals surface area (Å²) in [5.41, 5.74) is 1.42. The fourth-order valence-corrected chi connectivity index (χ4v) is 2.20. The van der Waals surface area contributed by atoms with Crippen LogP contribution in [0.25, 0.3) is 0 Å². The summed E-state index contributed by atoms with van der Waals surface area (Å²) in [7, 11) is 0. The Morgan fingerprint density at radius 3 is 2.41 bits per heavy atom. The monoisotopic (exact) mass is 310 g/mol. The van der Waals surface area contributed by atoms with Crippen molar-refractivity contribution in [1.29, 1.82) is 0 Å². The highest BCUT2D eigenvalue weighted by atomic mass is 16.6. The molecule has 0 unspecified atom stereocenters. The first-order chi connectivity index (χ1) is 10.2. The quantitative estimate of drug-likeness (QED) is 0.723. The molecule has 126 valence electrons. The molecule has 3 N–H and O–H groups in total. The molecular weight excluding hydrogens is 280 g/mol. The van der Waals surface area contributed by atoms with Crippen molar-refractivity contribution >= 4 is 6.09 Å². The molecule has 6 nitrogen and oxygen atoms in total. The van der Waals surface area contributed by atoms with Crippen LogP contribution >= 0.6 is 0 Å². The minimum atomic E-state index is -0.481. The van der Waals surface area contributed by atoms with Crippen molar-refractivity contribution in [2.24, 2.45) is 0 Å². The smallest absolute Gasteiger partial charge is 0.407 e. The minimum Gasteiger partial charge on any atom is -0.444 e. The lowest BCUT2D eigenvalue weighted by Gasteiger charge is -2.33. The number of carbonyl (C=O) groups is 1. The van der Waals surface area contributed by atoms with Crippen LogP contribution in [0.5, 0.6) is 0 Å². The number of nitrogens with one attached hydrogen (secondary N) is 3. The summed E-state index contributed by atoms with van der Waals surface area (Å²) in [6, 6.07) is 0. The zero-order valence-corrected chi connectivity index (χ0v) is 14.7. The van der Waals surface area contributed by atoms with Crippen LogP contribution in [0.15, 0.2) is 6.33 Å². The highest BCUT2D eigenvalue weighted by Gasteiger charge is 2.27. The summed E-state index contributed by atoms with van der Waals surface area (Å²) in [5, 5.41) is 6.42. The highest BCUT2D eigenvalue weighted by Crippen LogP contribution is 2.16. The molecule has 1 aromatic rings. The summed E-state index contributed by atoms with van der Waals surface area (Å²) in [6.45, 7) is 13.0. The standard InChI is InChI=1S/C16H30N4O2/c1-7-16(8-2,10-17-14(21)22-15(4,5)6)20-9-13-12(3)18-11-19-13/h11,20H,7-10H2,1-6H3,(H,17,21)(H,18,19). The van der Waals surface area contributed by atoms with E-state index in [0.29, 0.717) is 13.1 Å². The SMILES string of the molecule is CCC(CC)(CNC(=O)OC(C)(C)C)NCc1nc[nH]c1C. The molecule has 1 rings (SSSR count). The van der Waals surface area contributed by atoms with Crippen molar-refractivity contribution < 1.29 is 9.53 Å². The van der Waals surface area contributed by atoms with Gasteiger partial charge in [-0.05, 0) is 40.5 Å². The number of hydrogen-bond acceptors (Lipinski definition) is 4. The van der Waals surface area contributed by atoms with Crippen molar-refractivity contribution in [3.05, 3.63) is 17.7 Å². The number of amides is 1. The number of ether oxygens (including phenoxy) is 1. The van der Waals surface area contributed by atoms with Crippen LogP contribution in [0.3, 0.4) is 0 Å². The third-order valence-corrected chi connectivity index (χ3v) is 3.89.